The SMILES string of the molecule is CC(=O)Nc1ccc(-c2csc(NC(=O)C[C@@H](NC(C)=O)c3ccccc3)n2)cc1. The van der Waals surface area contributed by atoms with Crippen LogP contribution in [0.25, 0.3) is 11.3 Å². The first-order chi connectivity index (χ1) is 14.4. The van der Waals surface area contributed by atoms with Crippen LogP contribution in [-0.2, 0) is 14.4 Å². The Kier molecular flexibility index (Phi) is 6.92. The molecular weight excluding hydrogens is 400 g/mol. The Labute approximate surface area is 178 Å². The minimum absolute atomic E-state index is 0.101. The summed E-state index contributed by atoms with van der Waals surface area (Å²) in [4.78, 5) is 39.6. The first-order valence-electron chi connectivity index (χ1n) is 9.36. The smallest absolute Gasteiger partial charge is 0.228 e. The van der Waals surface area contributed by atoms with E-state index in [0.717, 1.165) is 16.8 Å². The van der Waals surface area contributed by atoms with E-state index in [-0.39, 0.29) is 24.1 Å². The van der Waals surface area contributed by atoms with E-state index in [1.165, 1.54) is 25.2 Å². The van der Waals surface area contributed by atoms with Gasteiger partial charge in [-0.1, -0.05) is 42.5 Å². The highest BCUT2D eigenvalue weighted by atomic mass is 32.1. The summed E-state index contributed by atoms with van der Waals surface area (Å²) in [6, 6.07) is 16.3. The highest BCUT2D eigenvalue weighted by molar-refractivity contribution is 7.14. The topological polar surface area (TPSA) is 100 Å². The molecule has 7 nitrogen and oxygen atoms in total. The number of amides is 3. The quantitative estimate of drug-likeness (QED) is 0.536. The molecule has 3 rings (SSSR count). The molecule has 1 heterocycles. The van der Waals surface area contributed by atoms with Crippen LogP contribution >= 0.6 is 11.3 Å². The molecule has 8 heteroatoms. The van der Waals surface area contributed by atoms with E-state index in [0.29, 0.717) is 10.8 Å². The number of thiazole rings is 1. The maximum absolute atomic E-state index is 12.5. The van der Waals surface area contributed by atoms with Crippen molar-refractivity contribution >= 4 is 39.9 Å². The van der Waals surface area contributed by atoms with Crippen molar-refractivity contribution in [3.8, 4) is 11.3 Å². The molecule has 3 amide bonds. The number of nitrogens with zero attached hydrogens (tertiary/aromatic N) is 1. The van der Waals surface area contributed by atoms with E-state index in [1.54, 1.807) is 12.1 Å². The Morgan fingerprint density at radius 3 is 2.27 bits per heavy atom. The lowest BCUT2D eigenvalue weighted by atomic mass is 10.0. The fraction of sp³-hybridized carbons (Fsp3) is 0.182. The van der Waals surface area contributed by atoms with E-state index in [2.05, 4.69) is 20.9 Å². The average molecular weight is 423 g/mol. The Hall–Kier alpha value is -3.52. The molecule has 2 aromatic carbocycles. The van der Waals surface area contributed by atoms with Gasteiger partial charge in [-0.3, -0.25) is 14.4 Å². The predicted molar refractivity (Wildman–Crippen MR) is 118 cm³/mol. The molecule has 1 atom stereocenters. The number of carbonyl (C=O) groups excluding carboxylic acids is 3. The fourth-order valence-electron chi connectivity index (χ4n) is 2.93. The standard InChI is InChI=1S/C22H22N4O3S/c1-14(27)23-18-10-8-17(9-11-18)20-13-30-22(25-20)26-21(29)12-19(24-15(2)28)16-6-4-3-5-7-16/h3-11,13,19H,12H2,1-2H3,(H,23,27)(H,24,28)(H,25,26,29)/t19-/m1/s1. The molecule has 0 saturated carbocycles. The van der Waals surface area contributed by atoms with Crippen molar-refractivity contribution < 1.29 is 14.4 Å². The van der Waals surface area contributed by atoms with Gasteiger partial charge in [0.2, 0.25) is 17.7 Å². The van der Waals surface area contributed by atoms with Gasteiger partial charge in [0.25, 0.3) is 0 Å². The van der Waals surface area contributed by atoms with E-state index in [1.807, 2.05) is 47.8 Å². The van der Waals surface area contributed by atoms with Crippen LogP contribution in [0, 0.1) is 0 Å². The van der Waals surface area contributed by atoms with Crippen LogP contribution in [0.2, 0.25) is 0 Å². The lowest BCUT2D eigenvalue weighted by molar-refractivity contribution is -0.120. The van der Waals surface area contributed by atoms with E-state index < -0.39 is 6.04 Å². The van der Waals surface area contributed by atoms with Crippen LogP contribution in [-0.4, -0.2) is 22.7 Å². The number of rotatable bonds is 7. The van der Waals surface area contributed by atoms with Crippen molar-refractivity contribution in [2.75, 3.05) is 10.6 Å². The molecule has 0 aliphatic rings. The van der Waals surface area contributed by atoms with Gasteiger partial charge in [0.1, 0.15) is 0 Å². The summed E-state index contributed by atoms with van der Waals surface area (Å²) in [5.74, 6) is -0.565. The van der Waals surface area contributed by atoms with Gasteiger partial charge in [0, 0.05) is 30.5 Å². The van der Waals surface area contributed by atoms with Gasteiger partial charge >= 0.3 is 0 Å². The predicted octanol–water partition coefficient (Wildman–Crippen LogP) is 3.97. The van der Waals surface area contributed by atoms with Crippen molar-refractivity contribution in [2.24, 2.45) is 0 Å². The third-order valence-corrected chi connectivity index (χ3v) is 4.98. The number of hydrogen-bond donors (Lipinski definition) is 3. The molecule has 1 aromatic heterocycles. The maximum Gasteiger partial charge on any atom is 0.228 e. The highest BCUT2D eigenvalue weighted by Crippen LogP contribution is 2.26. The van der Waals surface area contributed by atoms with E-state index >= 15 is 0 Å². The number of aromatic nitrogens is 1. The minimum atomic E-state index is -0.413. The van der Waals surface area contributed by atoms with Gasteiger partial charge in [0.05, 0.1) is 18.2 Å². The molecule has 0 fully saturated rings. The summed E-state index contributed by atoms with van der Waals surface area (Å²) in [5.41, 5.74) is 3.18. The summed E-state index contributed by atoms with van der Waals surface area (Å²) in [5, 5.41) is 10.7. The van der Waals surface area contributed by atoms with Crippen molar-refractivity contribution in [1.82, 2.24) is 10.3 Å². The van der Waals surface area contributed by atoms with Crippen molar-refractivity contribution in [3.05, 3.63) is 65.5 Å². The third-order valence-electron chi connectivity index (χ3n) is 4.22. The molecule has 3 N–H and O–H groups in total. The molecule has 0 saturated heterocycles. The normalized spacial score (nSPS) is 11.4. The molecule has 0 spiro atoms. The Morgan fingerprint density at radius 2 is 1.63 bits per heavy atom. The van der Waals surface area contributed by atoms with Crippen molar-refractivity contribution in [1.29, 1.82) is 0 Å². The molecule has 30 heavy (non-hydrogen) atoms. The van der Waals surface area contributed by atoms with Gasteiger partial charge in [-0.15, -0.1) is 11.3 Å². The molecule has 0 radical (unpaired) electrons. The zero-order chi connectivity index (χ0) is 21.5. The molecule has 3 aromatic rings. The molecule has 154 valence electrons. The first kappa shape index (κ1) is 21.2. The van der Waals surface area contributed by atoms with Gasteiger partial charge in [-0.05, 0) is 17.7 Å². The number of anilines is 2. The van der Waals surface area contributed by atoms with Gasteiger partial charge < -0.3 is 16.0 Å². The summed E-state index contributed by atoms with van der Waals surface area (Å²) in [6.45, 7) is 2.88. The molecule has 0 bridgehead atoms. The van der Waals surface area contributed by atoms with Crippen LogP contribution in [0.4, 0.5) is 10.8 Å². The Balaban J connectivity index is 1.65. The van der Waals surface area contributed by atoms with E-state index in [9.17, 15) is 14.4 Å². The van der Waals surface area contributed by atoms with Gasteiger partial charge in [-0.2, -0.15) is 0 Å². The Bertz CT molecular complexity index is 1030. The second-order valence-electron chi connectivity index (χ2n) is 6.71. The molecule has 0 aliphatic heterocycles. The third kappa shape index (κ3) is 5.99. The van der Waals surface area contributed by atoms with Crippen LogP contribution in [0.1, 0.15) is 31.9 Å². The lowest BCUT2D eigenvalue weighted by Crippen LogP contribution is -2.29. The zero-order valence-corrected chi connectivity index (χ0v) is 17.5. The molecule has 0 aliphatic carbocycles. The van der Waals surface area contributed by atoms with Crippen LogP contribution in [0.3, 0.4) is 0 Å². The lowest BCUT2D eigenvalue weighted by Gasteiger charge is -2.17. The first-order valence-corrected chi connectivity index (χ1v) is 10.2. The monoisotopic (exact) mass is 422 g/mol. The molecular formula is C22H22N4O3S. The van der Waals surface area contributed by atoms with Gasteiger partial charge in [-0.25, -0.2) is 4.98 Å². The van der Waals surface area contributed by atoms with Crippen LogP contribution in [0.5, 0.6) is 0 Å². The number of carbonyl (C=O) groups is 3. The summed E-state index contributed by atoms with van der Waals surface area (Å²) in [7, 11) is 0. The Morgan fingerprint density at radius 1 is 0.933 bits per heavy atom. The number of benzene rings is 2. The number of hydrogen-bond acceptors (Lipinski definition) is 5. The second-order valence-corrected chi connectivity index (χ2v) is 7.57. The minimum Gasteiger partial charge on any atom is -0.349 e. The largest absolute Gasteiger partial charge is 0.349 e. The second kappa shape index (κ2) is 9.80. The van der Waals surface area contributed by atoms with Crippen LogP contribution in [0.15, 0.2) is 60.0 Å². The van der Waals surface area contributed by atoms with Crippen molar-refractivity contribution in [2.45, 2.75) is 26.3 Å². The maximum atomic E-state index is 12.5. The van der Waals surface area contributed by atoms with E-state index in [4.69, 9.17) is 0 Å². The summed E-state index contributed by atoms with van der Waals surface area (Å²) >= 11 is 1.32. The average Bonchev–Trinajstić information content (AvgIpc) is 3.16. The van der Waals surface area contributed by atoms with Crippen LogP contribution < -0.4 is 16.0 Å². The summed E-state index contributed by atoms with van der Waals surface area (Å²) < 4.78 is 0. The van der Waals surface area contributed by atoms with Gasteiger partial charge in [0.15, 0.2) is 5.13 Å². The zero-order valence-electron chi connectivity index (χ0n) is 16.6. The van der Waals surface area contributed by atoms with Crippen molar-refractivity contribution in [3.63, 3.8) is 0 Å². The fourth-order valence-corrected chi connectivity index (χ4v) is 3.67. The molecule has 0 unspecified atom stereocenters. The summed E-state index contributed by atoms with van der Waals surface area (Å²) in [6.07, 6.45) is 0.101. The number of nitrogens with one attached hydrogen (secondary N) is 3. The highest BCUT2D eigenvalue weighted by Gasteiger charge is 2.18.